The van der Waals surface area contributed by atoms with E-state index in [4.69, 9.17) is 4.74 Å². The van der Waals surface area contributed by atoms with Gasteiger partial charge in [0, 0.05) is 18.9 Å². The third-order valence-corrected chi connectivity index (χ3v) is 4.18. The predicted molar refractivity (Wildman–Crippen MR) is 106 cm³/mol. The average molecular weight is 373 g/mol. The zero-order valence-corrected chi connectivity index (χ0v) is 15.3. The second kappa shape index (κ2) is 7.89. The summed E-state index contributed by atoms with van der Waals surface area (Å²) >= 11 is 0. The molecule has 2 aromatic carbocycles. The smallest absolute Gasteiger partial charge is 0.259 e. The first kappa shape index (κ1) is 17.7. The molecule has 4 aromatic rings. The summed E-state index contributed by atoms with van der Waals surface area (Å²) in [4.78, 5) is 13.0. The van der Waals surface area contributed by atoms with Crippen molar-refractivity contribution < 1.29 is 9.53 Å². The molecule has 1 N–H and O–H groups in total. The second-order valence-electron chi connectivity index (χ2n) is 6.18. The van der Waals surface area contributed by atoms with Gasteiger partial charge in [-0.05, 0) is 12.1 Å². The van der Waals surface area contributed by atoms with Crippen molar-refractivity contribution >= 4 is 11.6 Å². The van der Waals surface area contributed by atoms with Gasteiger partial charge in [0.05, 0.1) is 29.3 Å². The lowest BCUT2D eigenvalue weighted by molar-refractivity contribution is 0.102. The van der Waals surface area contributed by atoms with E-state index in [0.29, 0.717) is 23.7 Å². The number of amides is 1. The van der Waals surface area contributed by atoms with Gasteiger partial charge in [0.1, 0.15) is 12.4 Å². The molecule has 2 heterocycles. The molecule has 28 heavy (non-hydrogen) atoms. The number of nitrogens with zero attached hydrogens (tertiary/aromatic N) is 4. The Balaban J connectivity index is 1.69. The highest BCUT2D eigenvalue weighted by Crippen LogP contribution is 2.24. The number of carbonyl (C=O) groups is 1. The lowest BCUT2D eigenvalue weighted by Crippen LogP contribution is -2.12. The standard InChI is InChI=1S/C21H19N5O2/c1-28-15-25-13-17(12-22-25)23-21(27)19-14-26(18-10-6-3-7-11-18)24-20(19)16-8-4-2-5-9-16/h2-14H,15H2,1H3,(H,23,27). The number of hydrogen-bond acceptors (Lipinski definition) is 4. The lowest BCUT2D eigenvalue weighted by atomic mass is 10.1. The topological polar surface area (TPSA) is 74.0 Å². The van der Waals surface area contributed by atoms with Crippen LogP contribution in [0, 0.1) is 0 Å². The van der Waals surface area contributed by atoms with E-state index in [1.807, 2.05) is 60.7 Å². The zero-order chi connectivity index (χ0) is 19.3. The molecule has 0 spiro atoms. The molecule has 0 unspecified atom stereocenters. The molecule has 0 fully saturated rings. The minimum atomic E-state index is -0.252. The van der Waals surface area contributed by atoms with E-state index in [1.54, 1.807) is 35.1 Å². The maximum Gasteiger partial charge on any atom is 0.259 e. The van der Waals surface area contributed by atoms with E-state index in [1.165, 1.54) is 0 Å². The van der Waals surface area contributed by atoms with Crippen LogP contribution in [0.15, 0.2) is 79.3 Å². The summed E-state index contributed by atoms with van der Waals surface area (Å²) in [6, 6.07) is 19.3. The van der Waals surface area contributed by atoms with Crippen LogP contribution in [0.2, 0.25) is 0 Å². The van der Waals surface area contributed by atoms with E-state index < -0.39 is 0 Å². The highest BCUT2D eigenvalue weighted by molar-refractivity contribution is 6.08. The van der Waals surface area contributed by atoms with Crippen LogP contribution >= 0.6 is 0 Å². The maximum atomic E-state index is 13.0. The third kappa shape index (κ3) is 3.70. The van der Waals surface area contributed by atoms with E-state index in [2.05, 4.69) is 15.5 Å². The Morgan fingerprint density at radius 1 is 1.04 bits per heavy atom. The SMILES string of the molecule is COCn1cc(NC(=O)c2cn(-c3ccccc3)nc2-c2ccccc2)cn1. The van der Waals surface area contributed by atoms with Gasteiger partial charge in [-0.15, -0.1) is 0 Å². The molecule has 0 saturated heterocycles. The number of nitrogens with one attached hydrogen (secondary N) is 1. The Morgan fingerprint density at radius 2 is 1.75 bits per heavy atom. The van der Waals surface area contributed by atoms with Gasteiger partial charge in [0.25, 0.3) is 5.91 Å². The lowest BCUT2D eigenvalue weighted by Gasteiger charge is -2.03. The molecule has 0 bridgehead atoms. The summed E-state index contributed by atoms with van der Waals surface area (Å²) in [5, 5.41) is 11.7. The quantitative estimate of drug-likeness (QED) is 0.560. The molecule has 0 aliphatic heterocycles. The molecule has 2 aromatic heterocycles. The number of carbonyl (C=O) groups excluding carboxylic acids is 1. The fourth-order valence-electron chi connectivity index (χ4n) is 2.89. The van der Waals surface area contributed by atoms with Crippen LogP contribution in [-0.4, -0.2) is 32.6 Å². The van der Waals surface area contributed by atoms with Crippen LogP contribution in [0.5, 0.6) is 0 Å². The van der Waals surface area contributed by atoms with Crippen LogP contribution in [0.4, 0.5) is 5.69 Å². The summed E-state index contributed by atoms with van der Waals surface area (Å²) in [7, 11) is 1.59. The summed E-state index contributed by atoms with van der Waals surface area (Å²) in [5.74, 6) is -0.252. The summed E-state index contributed by atoms with van der Waals surface area (Å²) in [6.45, 7) is 0.317. The first-order chi connectivity index (χ1) is 13.7. The maximum absolute atomic E-state index is 13.0. The molecule has 0 atom stereocenters. The molecular formula is C21H19N5O2. The highest BCUT2D eigenvalue weighted by atomic mass is 16.5. The van der Waals surface area contributed by atoms with Gasteiger partial charge in [-0.2, -0.15) is 10.2 Å². The van der Waals surface area contributed by atoms with Gasteiger partial charge < -0.3 is 10.1 Å². The molecule has 0 aliphatic carbocycles. The van der Waals surface area contributed by atoms with Crippen LogP contribution < -0.4 is 5.32 Å². The number of rotatable bonds is 6. The summed E-state index contributed by atoms with van der Waals surface area (Å²) in [6.07, 6.45) is 5.04. The third-order valence-electron chi connectivity index (χ3n) is 4.18. The largest absolute Gasteiger partial charge is 0.362 e. The minimum absolute atomic E-state index is 0.252. The summed E-state index contributed by atoms with van der Waals surface area (Å²) in [5.41, 5.74) is 3.44. The van der Waals surface area contributed by atoms with E-state index in [0.717, 1.165) is 11.3 Å². The molecule has 0 aliphatic rings. The van der Waals surface area contributed by atoms with Gasteiger partial charge in [0.2, 0.25) is 0 Å². The van der Waals surface area contributed by atoms with Crippen LogP contribution in [0.25, 0.3) is 16.9 Å². The number of aromatic nitrogens is 4. The van der Waals surface area contributed by atoms with Crippen LogP contribution in [0.1, 0.15) is 10.4 Å². The molecule has 0 saturated carbocycles. The first-order valence-corrected chi connectivity index (χ1v) is 8.78. The van der Waals surface area contributed by atoms with Crippen molar-refractivity contribution in [3.63, 3.8) is 0 Å². The van der Waals surface area contributed by atoms with Gasteiger partial charge in [-0.3, -0.25) is 4.79 Å². The highest BCUT2D eigenvalue weighted by Gasteiger charge is 2.19. The Hall–Kier alpha value is -3.71. The number of ether oxygens (including phenoxy) is 1. The fraction of sp³-hybridized carbons (Fsp3) is 0.0952. The van der Waals surface area contributed by atoms with Crippen molar-refractivity contribution in [2.75, 3.05) is 12.4 Å². The predicted octanol–water partition coefficient (Wildman–Crippen LogP) is 3.59. The van der Waals surface area contributed by atoms with Crippen LogP contribution in [0.3, 0.4) is 0 Å². The minimum Gasteiger partial charge on any atom is -0.362 e. The Kier molecular flexibility index (Phi) is 4.99. The first-order valence-electron chi connectivity index (χ1n) is 8.78. The Morgan fingerprint density at radius 3 is 2.46 bits per heavy atom. The van der Waals surface area contributed by atoms with Gasteiger partial charge in [0.15, 0.2) is 0 Å². The van der Waals surface area contributed by atoms with Gasteiger partial charge >= 0.3 is 0 Å². The summed E-state index contributed by atoms with van der Waals surface area (Å²) < 4.78 is 8.35. The molecule has 7 nitrogen and oxygen atoms in total. The van der Waals surface area contributed by atoms with Crippen molar-refractivity contribution in [1.82, 2.24) is 19.6 Å². The van der Waals surface area contributed by atoms with E-state index in [-0.39, 0.29) is 5.91 Å². The number of benzene rings is 2. The zero-order valence-electron chi connectivity index (χ0n) is 15.3. The normalized spacial score (nSPS) is 10.8. The van der Waals surface area contributed by atoms with Gasteiger partial charge in [-0.1, -0.05) is 48.5 Å². The molecule has 0 radical (unpaired) electrons. The Bertz CT molecular complexity index is 1070. The second-order valence-corrected chi connectivity index (χ2v) is 6.18. The van der Waals surface area contributed by atoms with Crippen molar-refractivity contribution in [2.45, 2.75) is 6.73 Å². The van der Waals surface area contributed by atoms with Crippen molar-refractivity contribution in [1.29, 1.82) is 0 Å². The van der Waals surface area contributed by atoms with E-state index in [9.17, 15) is 4.79 Å². The average Bonchev–Trinajstić information content (AvgIpc) is 3.37. The Labute approximate surface area is 162 Å². The molecule has 1 amide bonds. The monoisotopic (exact) mass is 373 g/mol. The van der Waals surface area contributed by atoms with Crippen molar-refractivity contribution in [2.24, 2.45) is 0 Å². The van der Waals surface area contributed by atoms with Crippen molar-refractivity contribution in [3.8, 4) is 16.9 Å². The fourth-order valence-corrected chi connectivity index (χ4v) is 2.89. The number of hydrogen-bond donors (Lipinski definition) is 1. The van der Waals surface area contributed by atoms with Gasteiger partial charge in [-0.25, -0.2) is 9.36 Å². The van der Waals surface area contributed by atoms with Crippen LogP contribution in [-0.2, 0) is 11.5 Å². The molecule has 7 heteroatoms. The molecular weight excluding hydrogens is 354 g/mol. The van der Waals surface area contributed by atoms with Crippen molar-refractivity contribution in [3.05, 3.63) is 84.8 Å². The van der Waals surface area contributed by atoms with E-state index >= 15 is 0 Å². The molecule has 140 valence electrons. The number of anilines is 1. The number of para-hydroxylation sites is 1. The number of methoxy groups -OCH3 is 1. The molecule has 4 rings (SSSR count).